The molecule has 0 radical (unpaired) electrons. The molecular weight excluding hydrogens is 334 g/mol. The predicted molar refractivity (Wildman–Crippen MR) is 94.2 cm³/mol. The minimum Gasteiger partial charge on any atom is -0.463 e. The fraction of sp³-hybridized carbons (Fsp3) is 0.688. The van der Waals surface area contributed by atoms with Gasteiger partial charge < -0.3 is 9.47 Å². The van der Waals surface area contributed by atoms with E-state index >= 15 is 0 Å². The van der Waals surface area contributed by atoms with E-state index < -0.39 is 0 Å². The maximum atomic E-state index is 12.6. The lowest BCUT2D eigenvalue weighted by Crippen LogP contribution is -2.43. The predicted octanol–water partition coefficient (Wildman–Crippen LogP) is 2.54. The zero-order valence-electron chi connectivity index (χ0n) is 13.7. The normalized spacial score (nSPS) is 27.6. The van der Waals surface area contributed by atoms with E-state index in [2.05, 4.69) is 13.8 Å². The molecule has 2 heterocycles. The van der Waals surface area contributed by atoms with Gasteiger partial charge in [-0.25, -0.2) is 0 Å². The molecule has 0 aromatic carbocycles. The van der Waals surface area contributed by atoms with E-state index in [9.17, 15) is 9.59 Å². The zero-order valence-corrected chi connectivity index (χ0v) is 15.3. The maximum absolute atomic E-state index is 12.6. The van der Waals surface area contributed by atoms with Crippen LogP contribution >= 0.6 is 24.0 Å². The average molecular weight is 357 g/mol. The van der Waals surface area contributed by atoms with Crippen LogP contribution in [0.4, 0.5) is 0 Å². The third kappa shape index (κ3) is 5.02. The van der Waals surface area contributed by atoms with Gasteiger partial charge in [0.15, 0.2) is 0 Å². The Morgan fingerprint density at radius 2 is 2.26 bits per heavy atom. The molecule has 23 heavy (non-hydrogen) atoms. The summed E-state index contributed by atoms with van der Waals surface area (Å²) in [7, 11) is 0. The van der Waals surface area contributed by atoms with Crippen LogP contribution in [0.2, 0.25) is 0 Å². The second-order valence-corrected chi connectivity index (χ2v) is 7.77. The number of esters is 1. The second kappa shape index (κ2) is 8.26. The average Bonchev–Trinajstić information content (AvgIpc) is 2.87. The molecule has 1 saturated heterocycles. The van der Waals surface area contributed by atoms with Crippen LogP contribution in [0.15, 0.2) is 12.2 Å². The monoisotopic (exact) mass is 357 g/mol. The number of amides is 1. The topological polar surface area (TPSA) is 55.8 Å². The lowest BCUT2D eigenvalue weighted by atomic mass is 10.0. The van der Waals surface area contributed by atoms with Crippen LogP contribution in [-0.2, 0) is 19.1 Å². The minimum atomic E-state index is -0.324. The number of hydrogen-bond acceptors (Lipinski definition) is 6. The molecule has 0 aromatic heterocycles. The highest BCUT2D eigenvalue weighted by Gasteiger charge is 2.36. The fourth-order valence-corrected chi connectivity index (χ4v) is 4.31. The number of carbonyl (C=O) groups excluding carboxylic acids is 2. The van der Waals surface area contributed by atoms with Crippen molar-refractivity contribution in [1.29, 1.82) is 0 Å². The summed E-state index contributed by atoms with van der Waals surface area (Å²) in [6.07, 6.45) is 4.34. The first-order valence-electron chi connectivity index (χ1n) is 7.82. The van der Waals surface area contributed by atoms with Gasteiger partial charge in [-0.1, -0.05) is 50.0 Å². The molecule has 1 fully saturated rings. The first-order valence-corrected chi connectivity index (χ1v) is 9.22. The van der Waals surface area contributed by atoms with Crippen molar-refractivity contribution in [3.05, 3.63) is 12.2 Å². The van der Waals surface area contributed by atoms with E-state index in [1.807, 2.05) is 12.2 Å². The summed E-state index contributed by atoms with van der Waals surface area (Å²) < 4.78 is 11.5. The second-order valence-electron chi connectivity index (χ2n) is 6.12. The van der Waals surface area contributed by atoms with Gasteiger partial charge in [-0.15, -0.1) is 0 Å². The summed E-state index contributed by atoms with van der Waals surface area (Å²) in [6, 6.07) is 0.157. The SMILES string of the molecule is CC(=O)OC[C@@H]1CC=C[C@@H](CC(=O)N2C(=S)SC[C@@H]2C(C)C)O1. The smallest absolute Gasteiger partial charge is 0.302 e. The third-order valence-electron chi connectivity index (χ3n) is 3.91. The third-order valence-corrected chi connectivity index (χ3v) is 5.41. The first-order chi connectivity index (χ1) is 10.9. The summed E-state index contributed by atoms with van der Waals surface area (Å²) in [5.41, 5.74) is 0. The summed E-state index contributed by atoms with van der Waals surface area (Å²) >= 11 is 6.89. The molecule has 0 bridgehead atoms. The van der Waals surface area contributed by atoms with Crippen LogP contribution in [0.5, 0.6) is 0 Å². The maximum Gasteiger partial charge on any atom is 0.302 e. The largest absolute Gasteiger partial charge is 0.463 e. The van der Waals surface area contributed by atoms with Crippen molar-refractivity contribution >= 4 is 40.2 Å². The molecule has 2 aliphatic heterocycles. The van der Waals surface area contributed by atoms with Crippen LogP contribution in [0.1, 0.15) is 33.6 Å². The lowest BCUT2D eigenvalue weighted by Gasteiger charge is -2.30. The summed E-state index contributed by atoms with van der Waals surface area (Å²) in [5.74, 6) is 0.904. The molecule has 5 nitrogen and oxygen atoms in total. The Morgan fingerprint density at radius 1 is 1.52 bits per heavy atom. The lowest BCUT2D eigenvalue weighted by molar-refractivity contribution is -0.148. The molecule has 0 aromatic rings. The summed E-state index contributed by atoms with van der Waals surface area (Å²) in [5, 5.41) is 0. The highest BCUT2D eigenvalue weighted by Crippen LogP contribution is 2.30. The van der Waals surface area contributed by atoms with Crippen LogP contribution in [0.25, 0.3) is 0 Å². The number of hydrogen-bond donors (Lipinski definition) is 0. The Bertz CT molecular complexity index is 506. The van der Waals surface area contributed by atoms with Crippen molar-refractivity contribution in [2.24, 2.45) is 5.92 Å². The molecule has 0 unspecified atom stereocenters. The van der Waals surface area contributed by atoms with Gasteiger partial charge in [-0.2, -0.15) is 0 Å². The van der Waals surface area contributed by atoms with Crippen LogP contribution in [0.3, 0.4) is 0 Å². The zero-order chi connectivity index (χ0) is 17.0. The molecule has 0 spiro atoms. The quantitative estimate of drug-likeness (QED) is 0.428. The van der Waals surface area contributed by atoms with Gasteiger partial charge in [0.1, 0.15) is 10.9 Å². The van der Waals surface area contributed by atoms with Gasteiger partial charge in [0, 0.05) is 18.7 Å². The molecule has 7 heteroatoms. The number of rotatable bonds is 5. The first kappa shape index (κ1) is 18.4. The van der Waals surface area contributed by atoms with Crippen molar-refractivity contribution < 1.29 is 19.1 Å². The molecule has 3 atom stereocenters. The Morgan fingerprint density at radius 3 is 2.91 bits per heavy atom. The molecule has 128 valence electrons. The van der Waals surface area contributed by atoms with E-state index in [1.54, 1.807) is 16.7 Å². The van der Waals surface area contributed by atoms with Crippen molar-refractivity contribution in [2.45, 2.75) is 51.9 Å². The highest BCUT2D eigenvalue weighted by molar-refractivity contribution is 8.23. The van der Waals surface area contributed by atoms with E-state index in [0.29, 0.717) is 16.7 Å². The van der Waals surface area contributed by atoms with Gasteiger partial charge >= 0.3 is 5.97 Å². The summed E-state index contributed by atoms with van der Waals surface area (Å²) in [4.78, 5) is 25.3. The molecule has 0 N–H and O–H groups in total. The van der Waals surface area contributed by atoms with E-state index in [1.165, 1.54) is 6.92 Å². The van der Waals surface area contributed by atoms with E-state index in [4.69, 9.17) is 21.7 Å². The fourth-order valence-electron chi connectivity index (χ4n) is 2.65. The molecule has 2 rings (SSSR count). The Balaban J connectivity index is 1.91. The van der Waals surface area contributed by atoms with Gasteiger partial charge in [-0.05, 0) is 12.3 Å². The highest BCUT2D eigenvalue weighted by atomic mass is 32.2. The van der Waals surface area contributed by atoms with Crippen molar-refractivity contribution in [1.82, 2.24) is 4.90 Å². The minimum absolute atomic E-state index is 0.00138. The molecule has 0 aliphatic carbocycles. The summed E-state index contributed by atoms with van der Waals surface area (Å²) in [6.45, 7) is 5.80. The molecule has 2 aliphatic rings. The number of ether oxygens (including phenoxy) is 2. The van der Waals surface area contributed by atoms with E-state index in [0.717, 1.165) is 5.75 Å². The Hall–Kier alpha value is -0.920. The van der Waals surface area contributed by atoms with Crippen molar-refractivity contribution in [3.63, 3.8) is 0 Å². The van der Waals surface area contributed by atoms with Gasteiger partial charge in [0.05, 0.1) is 18.6 Å². The van der Waals surface area contributed by atoms with Crippen LogP contribution < -0.4 is 0 Å². The Labute approximate surface area is 146 Å². The number of thiocarbonyl (C=S) groups is 1. The van der Waals surface area contributed by atoms with Crippen LogP contribution in [-0.4, -0.2) is 51.7 Å². The Kier molecular flexibility index (Phi) is 6.61. The number of thioether (sulfide) groups is 1. The molecule has 0 saturated carbocycles. The molecule has 1 amide bonds. The number of nitrogens with zero attached hydrogens (tertiary/aromatic N) is 1. The van der Waals surface area contributed by atoms with Crippen LogP contribution in [0, 0.1) is 5.92 Å². The van der Waals surface area contributed by atoms with Gasteiger partial charge in [0.25, 0.3) is 0 Å². The van der Waals surface area contributed by atoms with E-state index in [-0.39, 0.29) is 43.2 Å². The number of carbonyl (C=O) groups is 2. The van der Waals surface area contributed by atoms with Crippen molar-refractivity contribution in [2.75, 3.05) is 12.4 Å². The standard InChI is InChI=1S/C16H23NO4S2/c1-10(2)14-9-23-16(22)17(14)15(19)7-12-5-4-6-13(21-12)8-20-11(3)18/h4-5,10,12-14H,6-9H2,1-3H3/t12-,13-,14+/m0/s1. The molecular formula is C16H23NO4S2. The van der Waals surface area contributed by atoms with Gasteiger partial charge in [-0.3, -0.25) is 14.5 Å². The van der Waals surface area contributed by atoms with Gasteiger partial charge in [0.2, 0.25) is 5.91 Å². The van der Waals surface area contributed by atoms with Crippen molar-refractivity contribution in [3.8, 4) is 0 Å².